The van der Waals surface area contributed by atoms with Gasteiger partial charge in [-0.3, -0.25) is 14.5 Å². The van der Waals surface area contributed by atoms with Crippen molar-refractivity contribution >= 4 is 56.5 Å². The molecule has 2 aromatic carbocycles. The molecule has 3 aliphatic rings. The van der Waals surface area contributed by atoms with Gasteiger partial charge < -0.3 is 26.0 Å². The van der Waals surface area contributed by atoms with Crippen LogP contribution in [0, 0.1) is 18.3 Å². The molecule has 12 heteroatoms. The fraction of sp³-hybridized carbons (Fsp3) is 0.229. The Morgan fingerprint density at radius 3 is 2.64 bits per heavy atom. The highest BCUT2D eigenvalue weighted by Gasteiger charge is 2.38. The number of nitrogens with two attached hydrogens (primary N) is 1. The van der Waals surface area contributed by atoms with Gasteiger partial charge in [0.2, 0.25) is 0 Å². The lowest BCUT2D eigenvalue weighted by Gasteiger charge is -2.31. The average molecular weight is 646 g/mol. The van der Waals surface area contributed by atoms with E-state index in [-0.39, 0.29) is 5.57 Å². The monoisotopic (exact) mass is 645 g/mol. The highest BCUT2D eigenvalue weighted by Crippen LogP contribution is 2.46. The van der Waals surface area contributed by atoms with Gasteiger partial charge >= 0.3 is 6.03 Å². The van der Waals surface area contributed by atoms with E-state index in [1.807, 2.05) is 61.5 Å². The molecule has 4 aromatic rings. The van der Waals surface area contributed by atoms with Crippen LogP contribution in [0.25, 0.3) is 10.2 Å². The number of thiophene rings is 1. The number of carbonyl (C=O) groups is 3. The van der Waals surface area contributed by atoms with Gasteiger partial charge in [-0.05, 0) is 87.6 Å². The Morgan fingerprint density at radius 2 is 1.91 bits per heavy atom. The van der Waals surface area contributed by atoms with E-state index < -0.39 is 23.4 Å². The van der Waals surface area contributed by atoms with Gasteiger partial charge in [0.1, 0.15) is 32.8 Å². The number of benzene rings is 2. The van der Waals surface area contributed by atoms with Crippen LogP contribution in [0.4, 0.5) is 21.9 Å². The zero-order chi connectivity index (χ0) is 32.9. The Morgan fingerprint density at radius 1 is 1.13 bits per heavy atom. The minimum atomic E-state index is -0.598. The van der Waals surface area contributed by atoms with E-state index in [0.717, 1.165) is 18.4 Å². The molecule has 0 bridgehead atoms. The number of carbonyl (C=O) groups excluding carboxylic acids is 3. The molecular weight excluding hydrogens is 614 g/mol. The number of nitrogens with one attached hydrogen (secondary N) is 2. The summed E-state index contributed by atoms with van der Waals surface area (Å²) in [5, 5.41) is 16.2. The lowest BCUT2D eigenvalue weighted by atomic mass is 10.1. The van der Waals surface area contributed by atoms with E-state index in [4.69, 9.17) is 10.5 Å². The molecule has 7 rings (SSSR count). The fourth-order valence-electron chi connectivity index (χ4n) is 5.94. The molecule has 1 aliphatic carbocycles. The lowest BCUT2D eigenvalue weighted by Crippen LogP contribution is -2.39. The van der Waals surface area contributed by atoms with E-state index in [0.29, 0.717) is 74.4 Å². The van der Waals surface area contributed by atoms with E-state index in [9.17, 15) is 19.6 Å². The Hall–Kier alpha value is -5.51. The second kappa shape index (κ2) is 11.7. The largest absolute Gasteiger partial charge is 0.457 e. The molecule has 236 valence electrons. The molecule has 11 nitrogen and oxygen atoms in total. The molecule has 0 saturated heterocycles. The Balaban J connectivity index is 1.17. The number of hydrogen-bond acceptors (Lipinski definition) is 8. The maximum atomic E-state index is 13.8. The van der Waals surface area contributed by atoms with Crippen LogP contribution in [0.5, 0.6) is 11.5 Å². The summed E-state index contributed by atoms with van der Waals surface area (Å²) in [6.45, 7) is 4.08. The minimum absolute atomic E-state index is 0.00493. The Labute approximate surface area is 274 Å². The topological polar surface area (TPSA) is 154 Å². The molecule has 47 heavy (non-hydrogen) atoms. The molecule has 1 fully saturated rings. The zero-order valence-electron chi connectivity index (χ0n) is 25.8. The van der Waals surface area contributed by atoms with Crippen molar-refractivity contribution in [3.63, 3.8) is 0 Å². The molecule has 0 radical (unpaired) electrons. The lowest BCUT2D eigenvalue weighted by molar-refractivity contribution is -0.125. The second-order valence-electron chi connectivity index (χ2n) is 11.9. The first-order chi connectivity index (χ1) is 22.7. The number of rotatable bonds is 7. The van der Waals surface area contributed by atoms with Crippen molar-refractivity contribution in [1.82, 2.24) is 15.2 Å². The van der Waals surface area contributed by atoms with Gasteiger partial charge in [0.25, 0.3) is 11.8 Å². The van der Waals surface area contributed by atoms with Crippen LogP contribution >= 0.6 is 11.3 Å². The van der Waals surface area contributed by atoms with Crippen LogP contribution in [0.1, 0.15) is 47.8 Å². The summed E-state index contributed by atoms with van der Waals surface area (Å²) in [6.07, 6.45) is 5.80. The maximum absolute atomic E-state index is 13.8. The van der Waals surface area contributed by atoms with Crippen molar-refractivity contribution in [2.75, 3.05) is 16.8 Å². The van der Waals surface area contributed by atoms with Crippen molar-refractivity contribution in [2.24, 2.45) is 5.73 Å². The van der Waals surface area contributed by atoms with Crippen molar-refractivity contribution < 1.29 is 19.1 Å². The first kappa shape index (κ1) is 30.2. The number of hydrogen-bond donors (Lipinski definition) is 3. The first-order valence-electron chi connectivity index (χ1n) is 15.3. The number of allylic oxidation sites excluding steroid dienone is 2. The van der Waals surface area contributed by atoms with E-state index >= 15 is 0 Å². The van der Waals surface area contributed by atoms with Gasteiger partial charge in [0, 0.05) is 29.7 Å². The van der Waals surface area contributed by atoms with Gasteiger partial charge in [0.15, 0.2) is 0 Å². The van der Waals surface area contributed by atoms with Crippen LogP contribution < -0.4 is 26.0 Å². The molecule has 1 saturated carbocycles. The third-order valence-electron chi connectivity index (χ3n) is 8.61. The first-order valence-corrected chi connectivity index (χ1v) is 16.1. The number of aromatic nitrogens is 1. The normalized spacial score (nSPS) is 16.9. The molecule has 4 amide bonds. The quantitative estimate of drug-likeness (QED) is 0.151. The predicted octanol–water partition coefficient (Wildman–Crippen LogP) is 6.61. The fourth-order valence-corrected chi connectivity index (χ4v) is 6.95. The molecule has 0 spiro atoms. The van der Waals surface area contributed by atoms with Gasteiger partial charge in [-0.25, -0.2) is 9.78 Å². The van der Waals surface area contributed by atoms with E-state index in [1.165, 1.54) is 16.2 Å². The average Bonchev–Trinajstić information content (AvgIpc) is 3.68. The van der Waals surface area contributed by atoms with Gasteiger partial charge in [-0.1, -0.05) is 18.2 Å². The SMILES string of the molecule is CC1=C(NC(=O)c2sc3nccc4c3c2NC(=O)N4c2ccc(Oc3ccccc3)cc2C)CCCN1C(=O)/C(C#N)=C/C1(N)CC1. The van der Waals surface area contributed by atoms with E-state index in [1.54, 1.807) is 30.2 Å². The Bertz CT molecular complexity index is 2070. The van der Waals surface area contributed by atoms with E-state index in [2.05, 4.69) is 15.6 Å². The van der Waals surface area contributed by atoms with Crippen molar-refractivity contribution in [2.45, 2.75) is 45.1 Å². The molecule has 0 unspecified atom stereocenters. The highest BCUT2D eigenvalue weighted by molar-refractivity contribution is 7.21. The van der Waals surface area contributed by atoms with Crippen LogP contribution in [0.2, 0.25) is 0 Å². The number of para-hydroxylation sites is 1. The van der Waals surface area contributed by atoms with Gasteiger partial charge in [0.05, 0.1) is 22.4 Å². The number of anilines is 3. The summed E-state index contributed by atoms with van der Waals surface area (Å²) in [6, 6.07) is 18.3. The zero-order valence-corrected chi connectivity index (χ0v) is 26.6. The molecule has 2 aromatic heterocycles. The molecule has 4 heterocycles. The number of nitriles is 1. The minimum Gasteiger partial charge on any atom is -0.457 e. The number of ether oxygens (including phenoxy) is 1. The summed E-state index contributed by atoms with van der Waals surface area (Å²) in [5.74, 6) is 0.505. The van der Waals surface area contributed by atoms with Crippen molar-refractivity contribution in [1.29, 1.82) is 5.26 Å². The number of aryl methyl sites for hydroxylation is 1. The summed E-state index contributed by atoms with van der Waals surface area (Å²) in [7, 11) is 0. The number of urea groups is 1. The van der Waals surface area contributed by atoms with Crippen molar-refractivity contribution in [3.05, 3.63) is 94.3 Å². The van der Waals surface area contributed by atoms with Gasteiger partial charge in [-0.2, -0.15) is 5.26 Å². The predicted molar refractivity (Wildman–Crippen MR) is 179 cm³/mol. The number of pyridine rings is 1. The third kappa shape index (κ3) is 5.60. The maximum Gasteiger partial charge on any atom is 0.331 e. The third-order valence-corrected chi connectivity index (χ3v) is 9.71. The Kier molecular flexibility index (Phi) is 7.50. The summed E-state index contributed by atoms with van der Waals surface area (Å²) >= 11 is 1.18. The summed E-state index contributed by atoms with van der Waals surface area (Å²) in [5.41, 5.74) is 9.18. The highest BCUT2D eigenvalue weighted by atomic mass is 32.1. The summed E-state index contributed by atoms with van der Waals surface area (Å²) < 4.78 is 5.98. The van der Waals surface area contributed by atoms with Crippen LogP contribution in [-0.4, -0.2) is 39.8 Å². The van der Waals surface area contributed by atoms with Crippen molar-refractivity contribution in [3.8, 4) is 17.6 Å². The molecule has 2 aliphatic heterocycles. The van der Waals surface area contributed by atoms with Gasteiger partial charge in [-0.15, -0.1) is 11.3 Å². The standard InChI is InChI=1S/C35H31N7O4S/c1-20-17-24(46-23-7-4-3-5-8-23)10-11-26(20)42-27-12-15-38-32-28(27)29(40-34(42)45)30(47-32)31(43)39-25-9-6-16-41(21(25)2)33(44)22(19-36)18-35(37)13-14-35/h3-5,7-8,10-12,15,17-18H,6,9,13-14,16,37H2,1-2H3,(H,39,43)(H,40,45)/b22-18+. The molecular formula is C35H31N7O4S. The number of amides is 4. The smallest absolute Gasteiger partial charge is 0.331 e. The van der Waals surface area contributed by atoms with Crippen LogP contribution in [0.3, 0.4) is 0 Å². The molecule has 0 atom stereocenters. The summed E-state index contributed by atoms with van der Waals surface area (Å²) in [4.78, 5) is 49.3. The molecule has 4 N–H and O–H groups in total. The second-order valence-corrected chi connectivity index (χ2v) is 12.9. The van der Waals surface area contributed by atoms with Crippen LogP contribution in [-0.2, 0) is 4.79 Å². The van der Waals surface area contributed by atoms with Crippen LogP contribution in [0.15, 0.2) is 83.8 Å². The number of nitrogens with zero attached hydrogens (tertiary/aromatic N) is 4.